The highest BCUT2D eigenvalue weighted by atomic mass is 16.5. The van der Waals surface area contributed by atoms with Crippen LogP contribution in [0.3, 0.4) is 0 Å². The fourth-order valence-electron chi connectivity index (χ4n) is 3.38. The average Bonchev–Trinajstić information content (AvgIpc) is 3.29. The summed E-state index contributed by atoms with van der Waals surface area (Å²) in [7, 11) is 3.12. The molecule has 3 aromatic carbocycles. The molecule has 0 spiro atoms. The number of rotatable bonds is 8. The zero-order valence-electron chi connectivity index (χ0n) is 18.6. The van der Waals surface area contributed by atoms with Crippen LogP contribution in [-0.2, 0) is 0 Å². The second-order valence-electron chi connectivity index (χ2n) is 7.07. The van der Waals surface area contributed by atoms with E-state index in [0.29, 0.717) is 45.0 Å². The van der Waals surface area contributed by atoms with Gasteiger partial charge < -0.3 is 18.6 Å². The van der Waals surface area contributed by atoms with E-state index >= 15 is 0 Å². The van der Waals surface area contributed by atoms with Gasteiger partial charge in [0.15, 0.2) is 22.9 Å². The molecule has 0 unspecified atom stereocenters. The number of oxazole rings is 1. The van der Waals surface area contributed by atoms with Crippen LogP contribution in [0, 0.1) is 0 Å². The molecule has 0 atom stereocenters. The first-order chi connectivity index (χ1) is 16.1. The van der Waals surface area contributed by atoms with Crippen molar-refractivity contribution in [1.82, 2.24) is 4.98 Å². The highest BCUT2D eigenvalue weighted by Gasteiger charge is 2.21. The smallest absolute Gasteiger partial charge is 0.231 e. The van der Waals surface area contributed by atoms with Gasteiger partial charge in [0.05, 0.1) is 26.1 Å². The molecule has 6 nitrogen and oxygen atoms in total. The van der Waals surface area contributed by atoms with Gasteiger partial charge in [-0.2, -0.15) is 0 Å². The first-order valence-corrected chi connectivity index (χ1v) is 10.4. The topological polar surface area (TPSA) is 70.8 Å². The molecule has 0 amide bonds. The van der Waals surface area contributed by atoms with Crippen LogP contribution in [0.25, 0.3) is 22.7 Å². The third-order valence-corrected chi connectivity index (χ3v) is 4.96. The van der Waals surface area contributed by atoms with Crippen LogP contribution in [0.1, 0.15) is 28.7 Å². The van der Waals surface area contributed by atoms with Crippen molar-refractivity contribution in [1.29, 1.82) is 0 Å². The van der Waals surface area contributed by atoms with Crippen molar-refractivity contribution in [2.24, 2.45) is 0 Å². The molecule has 6 heteroatoms. The summed E-state index contributed by atoms with van der Waals surface area (Å²) >= 11 is 0. The first-order valence-electron chi connectivity index (χ1n) is 10.4. The third-order valence-electron chi connectivity index (χ3n) is 4.96. The van der Waals surface area contributed by atoms with Gasteiger partial charge in [-0.15, -0.1) is 0 Å². The summed E-state index contributed by atoms with van der Waals surface area (Å²) in [6, 6.07) is 19.7. The molecule has 0 bridgehead atoms. The van der Waals surface area contributed by atoms with Crippen molar-refractivity contribution in [2.45, 2.75) is 6.92 Å². The lowest BCUT2D eigenvalue weighted by atomic mass is 10.00. The van der Waals surface area contributed by atoms with Gasteiger partial charge in [0, 0.05) is 11.1 Å². The number of ether oxygens (including phenoxy) is 3. The second-order valence-corrected chi connectivity index (χ2v) is 7.07. The molecule has 1 aromatic heterocycles. The average molecular weight is 441 g/mol. The van der Waals surface area contributed by atoms with Crippen LogP contribution < -0.4 is 14.2 Å². The SMILES string of the molecule is CC=COc1ccc(C(=O)C(=Cc2cccc(OC)c2OC)c2nc3ccccc3o2)cc1. The van der Waals surface area contributed by atoms with E-state index in [4.69, 9.17) is 18.6 Å². The Morgan fingerprint density at radius 2 is 1.73 bits per heavy atom. The third kappa shape index (κ3) is 4.65. The molecule has 4 rings (SSSR count). The maximum absolute atomic E-state index is 13.6. The van der Waals surface area contributed by atoms with Crippen LogP contribution in [0.4, 0.5) is 0 Å². The predicted molar refractivity (Wildman–Crippen MR) is 128 cm³/mol. The summed E-state index contributed by atoms with van der Waals surface area (Å²) in [4.78, 5) is 18.2. The molecule has 0 N–H and O–H groups in total. The molecule has 0 saturated carbocycles. The van der Waals surface area contributed by atoms with Gasteiger partial charge >= 0.3 is 0 Å². The monoisotopic (exact) mass is 441 g/mol. The van der Waals surface area contributed by atoms with Crippen molar-refractivity contribution in [3.05, 3.63) is 96.1 Å². The van der Waals surface area contributed by atoms with E-state index in [1.165, 1.54) is 0 Å². The zero-order chi connectivity index (χ0) is 23.2. The second kappa shape index (κ2) is 9.87. The van der Waals surface area contributed by atoms with E-state index in [0.717, 1.165) is 0 Å². The number of carbonyl (C=O) groups excluding carboxylic acids is 1. The number of benzene rings is 3. The number of aromatic nitrogens is 1. The van der Waals surface area contributed by atoms with E-state index in [1.807, 2.05) is 43.3 Å². The Balaban J connectivity index is 1.83. The Hall–Kier alpha value is -4.32. The predicted octanol–water partition coefficient (Wildman–Crippen LogP) is 6.18. The maximum atomic E-state index is 13.6. The number of fused-ring (bicyclic) bond motifs is 1. The van der Waals surface area contributed by atoms with E-state index in [2.05, 4.69) is 4.98 Å². The Bertz CT molecular complexity index is 1300. The van der Waals surface area contributed by atoms with E-state index < -0.39 is 0 Å². The van der Waals surface area contributed by atoms with Crippen LogP contribution >= 0.6 is 0 Å². The molecule has 0 fully saturated rings. The lowest BCUT2D eigenvalue weighted by molar-refractivity contribution is 0.105. The zero-order valence-corrected chi connectivity index (χ0v) is 18.6. The number of Topliss-reactive ketones (excluding diaryl/α,β-unsaturated/α-hetero) is 1. The van der Waals surface area contributed by atoms with Gasteiger partial charge in [-0.05, 0) is 55.5 Å². The quantitative estimate of drug-likeness (QED) is 0.185. The maximum Gasteiger partial charge on any atom is 0.231 e. The van der Waals surface area contributed by atoms with Gasteiger partial charge in [0.25, 0.3) is 0 Å². The number of hydrogen-bond acceptors (Lipinski definition) is 6. The molecule has 1 heterocycles. The Morgan fingerprint density at radius 3 is 2.42 bits per heavy atom. The largest absolute Gasteiger partial charge is 0.493 e. The number of allylic oxidation sites excluding steroid dienone is 2. The molecule has 4 aromatic rings. The number of para-hydroxylation sites is 3. The summed E-state index contributed by atoms with van der Waals surface area (Å²) in [5, 5.41) is 0. The summed E-state index contributed by atoms with van der Waals surface area (Å²) in [5.74, 6) is 1.67. The fourth-order valence-corrected chi connectivity index (χ4v) is 3.38. The molecule has 0 aliphatic rings. The van der Waals surface area contributed by atoms with Gasteiger partial charge in [-0.3, -0.25) is 4.79 Å². The van der Waals surface area contributed by atoms with E-state index in [1.54, 1.807) is 63.0 Å². The molecule has 0 saturated heterocycles. The van der Waals surface area contributed by atoms with Crippen molar-refractivity contribution < 1.29 is 23.4 Å². The molecular formula is C27H23NO5. The van der Waals surface area contributed by atoms with Gasteiger partial charge in [0.1, 0.15) is 11.3 Å². The van der Waals surface area contributed by atoms with E-state index in [9.17, 15) is 4.79 Å². The number of carbonyl (C=O) groups is 1. The Labute approximate surface area is 191 Å². The summed E-state index contributed by atoms with van der Waals surface area (Å²) in [6.07, 6.45) is 5.07. The minimum Gasteiger partial charge on any atom is -0.493 e. The summed E-state index contributed by atoms with van der Waals surface area (Å²) < 4.78 is 22.4. The van der Waals surface area contributed by atoms with Crippen LogP contribution in [-0.4, -0.2) is 25.0 Å². The number of hydrogen-bond donors (Lipinski definition) is 0. The number of ketones is 1. The normalized spacial score (nSPS) is 11.7. The Morgan fingerprint density at radius 1 is 0.939 bits per heavy atom. The van der Waals surface area contributed by atoms with Crippen LogP contribution in [0.2, 0.25) is 0 Å². The highest BCUT2D eigenvalue weighted by molar-refractivity contribution is 6.31. The molecule has 33 heavy (non-hydrogen) atoms. The summed E-state index contributed by atoms with van der Waals surface area (Å²) in [6.45, 7) is 1.86. The fraction of sp³-hybridized carbons (Fsp3) is 0.111. The van der Waals surface area contributed by atoms with Gasteiger partial charge in [0.2, 0.25) is 5.89 Å². The number of nitrogens with zero attached hydrogens (tertiary/aromatic N) is 1. The molecule has 0 aliphatic heterocycles. The summed E-state index contributed by atoms with van der Waals surface area (Å²) in [5.41, 5.74) is 2.69. The Kier molecular flexibility index (Phi) is 6.55. The molecular weight excluding hydrogens is 418 g/mol. The van der Waals surface area contributed by atoms with Crippen molar-refractivity contribution in [3.8, 4) is 17.2 Å². The van der Waals surface area contributed by atoms with Crippen molar-refractivity contribution in [3.63, 3.8) is 0 Å². The van der Waals surface area contributed by atoms with Gasteiger partial charge in [-0.25, -0.2) is 4.98 Å². The van der Waals surface area contributed by atoms with Gasteiger partial charge in [-0.1, -0.05) is 30.3 Å². The van der Waals surface area contributed by atoms with Crippen molar-refractivity contribution >= 4 is 28.5 Å². The van der Waals surface area contributed by atoms with Crippen LogP contribution in [0.5, 0.6) is 17.2 Å². The standard InChI is InChI=1S/C27H23NO5/c1-4-16-32-20-14-12-18(13-15-20)25(29)21(27-28-22-9-5-6-10-23(22)33-27)17-19-8-7-11-24(30-2)26(19)31-3/h4-17H,1-3H3. The first kappa shape index (κ1) is 21.9. The minimum atomic E-state index is -0.246. The minimum absolute atomic E-state index is 0.223. The van der Waals surface area contributed by atoms with E-state index in [-0.39, 0.29) is 11.7 Å². The molecule has 0 aliphatic carbocycles. The lowest BCUT2D eigenvalue weighted by Crippen LogP contribution is -2.04. The van der Waals surface area contributed by atoms with Crippen molar-refractivity contribution in [2.75, 3.05) is 14.2 Å². The number of methoxy groups -OCH3 is 2. The highest BCUT2D eigenvalue weighted by Crippen LogP contribution is 2.34. The molecule has 0 radical (unpaired) electrons. The molecule has 166 valence electrons. The van der Waals surface area contributed by atoms with Crippen LogP contribution in [0.15, 0.2) is 83.5 Å². The lowest BCUT2D eigenvalue weighted by Gasteiger charge is -2.11.